The molecule has 0 amide bonds. The summed E-state index contributed by atoms with van der Waals surface area (Å²) in [7, 11) is 5.99. The van der Waals surface area contributed by atoms with E-state index in [4.69, 9.17) is 18.9 Å². The van der Waals surface area contributed by atoms with Crippen molar-refractivity contribution in [2.45, 2.75) is 373 Å². The van der Waals surface area contributed by atoms with Gasteiger partial charge in [-0.05, 0) is 89.9 Å². The van der Waals surface area contributed by atoms with Gasteiger partial charge in [-0.2, -0.15) is 0 Å². The lowest BCUT2D eigenvalue weighted by molar-refractivity contribution is -0.870. The molecular weight excluding hydrogens is 1100 g/mol. The van der Waals surface area contributed by atoms with Gasteiger partial charge >= 0.3 is 17.9 Å². The third-order valence-electron chi connectivity index (χ3n) is 16.9. The third-order valence-corrected chi connectivity index (χ3v) is 16.9. The zero-order valence-corrected chi connectivity index (χ0v) is 59.3. The van der Waals surface area contributed by atoms with Crippen molar-refractivity contribution >= 4 is 17.9 Å². The van der Waals surface area contributed by atoms with Crippen LogP contribution < -0.4 is 0 Å². The summed E-state index contributed by atoms with van der Waals surface area (Å²) < 4.78 is 23.0. The lowest BCUT2D eigenvalue weighted by atomic mass is 10.0. The Morgan fingerprint density at radius 3 is 0.899 bits per heavy atom. The van der Waals surface area contributed by atoms with Crippen LogP contribution >= 0.6 is 0 Å². The Balaban J connectivity index is 4.03. The predicted molar refractivity (Wildman–Crippen MR) is 383 cm³/mol. The van der Waals surface area contributed by atoms with Crippen LogP contribution in [0.3, 0.4) is 0 Å². The number of allylic oxidation sites excluding steroid dienone is 12. The summed E-state index contributed by atoms with van der Waals surface area (Å²) in [5.41, 5.74) is 0. The molecule has 0 fully saturated rings. The molecule has 9 nitrogen and oxygen atoms in total. The number of likely N-dealkylation sites (N-methyl/N-ethyl adjacent to an activating group) is 1. The molecule has 0 aromatic rings. The highest BCUT2D eigenvalue weighted by molar-refractivity contribution is 5.71. The number of carboxylic acids is 1. The van der Waals surface area contributed by atoms with E-state index in [0.29, 0.717) is 17.4 Å². The summed E-state index contributed by atoms with van der Waals surface area (Å²) in [5.74, 6) is -1.99. The van der Waals surface area contributed by atoms with Crippen molar-refractivity contribution in [3.8, 4) is 0 Å². The van der Waals surface area contributed by atoms with Crippen molar-refractivity contribution in [1.29, 1.82) is 0 Å². The second-order valence-corrected chi connectivity index (χ2v) is 27.0. The molecular formula is C80H146NO8+. The molecule has 1 N–H and O–H groups in total. The Morgan fingerprint density at radius 1 is 0.337 bits per heavy atom. The zero-order valence-electron chi connectivity index (χ0n) is 59.3. The van der Waals surface area contributed by atoms with E-state index in [1.54, 1.807) is 0 Å². The van der Waals surface area contributed by atoms with E-state index in [1.165, 1.54) is 270 Å². The van der Waals surface area contributed by atoms with Crippen molar-refractivity contribution in [3.05, 3.63) is 72.9 Å². The van der Waals surface area contributed by atoms with Gasteiger partial charge in [0.1, 0.15) is 13.2 Å². The molecule has 0 aliphatic rings. The Bertz CT molecular complexity index is 1690. The summed E-state index contributed by atoms with van der Waals surface area (Å²) in [5, 5.41) is 9.76. The van der Waals surface area contributed by atoms with Crippen LogP contribution in [0.25, 0.3) is 0 Å². The smallest absolute Gasteiger partial charge is 0.361 e. The first-order valence-corrected chi connectivity index (χ1v) is 38.1. The fourth-order valence-corrected chi connectivity index (χ4v) is 11.1. The number of hydrogen-bond acceptors (Lipinski definition) is 7. The molecule has 518 valence electrons. The van der Waals surface area contributed by atoms with Crippen LogP contribution in [0, 0.1) is 0 Å². The molecule has 0 aromatic heterocycles. The molecule has 0 bridgehead atoms. The van der Waals surface area contributed by atoms with Crippen LogP contribution in [0.2, 0.25) is 0 Å². The van der Waals surface area contributed by atoms with Crippen molar-refractivity contribution in [2.24, 2.45) is 0 Å². The molecule has 2 unspecified atom stereocenters. The Labute approximate surface area is 551 Å². The Kier molecular flexibility index (Phi) is 68.0. The molecule has 2 atom stereocenters. The molecule has 0 rings (SSSR count). The lowest BCUT2D eigenvalue weighted by Crippen LogP contribution is -2.40. The maximum absolute atomic E-state index is 13.0. The van der Waals surface area contributed by atoms with Gasteiger partial charge in [0.25, 0.3) is 6.29 Å². The van der Waals surface area contributed by atoms with E-state index >= 15 is 0 Å². The van der Waals surface area contributed by atoms with Gasteiger partial charge in [0.05, 0.1) is 34.4 Å². The summed E-state index contributed by atoms with van der Waals surface area (Å²) in [6.07, 6.45) is 91.8. The standard InChI is InChI=1S/C80H145NO8/c1-6-8-10-12-14-16-18-20-22-24-26-28-30-32-34-35-36-37-38-39-40-41-42-43-45-47-49-51-53-55-57-59-61-63-65-67-69-71-78(83)89-76(75-88-80(79(84)85)86-73-72-81(3,4)5)74-87-77(82)70-68-66-64-62-60-58-56-54-52-50-48-46-44-33-31-29-27-25-23-21-19-17-15-13-11-9-7-2/h18-21,24-27,30-33,76,80H,6-17,22-23,28-29,34-75H2,1-5H3/p+1/b20-18-,21-19-,26-24-,27-25-,32-30-,33-31-. The second-order valence-electron chi connectivity index (χ2n) is 27.0. The average molecular weight is 1250 g/mol. The topological polar surface area (TPSA) is 108 Å². The fraction of sp³-hybridized carbons (Fsp3) is 0.812. The van der Waals surface area contributed by atoms with Crippen molar-refractivity contribution < 1.29 is 42.9 Å². The van der Waals surface area contributed by atoms with Crippen LogP contribution in [0.1, 0.15) is 361 Å². The van der Waals surface area contributed by atoms with Crippen molar-refractivity contribution in [2.75, 3.05) is 47.5 Å². The first-order chi connectivity index (χ1) is 43.6. The summed E-state index contributed by atoms with van der Waals surface area (Å²) >= 11 is 0. The summed E-state index contributed by atoms with van der Waals surface area (Å²) in [6.45, 7) is 4.90. The van der Waals surface area contributed by atoms with Gasteiger partial charge in [-0.1, -0.05) is 331 Å². The maximum Gasteiger partial charge on any atom is 0.361 e. The molecule has 0 heterocycles. The molecule has 0 radical (unpaired) electrons. The SMILES string of the molecule is CCCCCCC/C=C\C/C=C\C/C=C\CCCCCCCCCCCCCCCCCCCCCCCCC(=O)OC(COC(=O)CCCCCCCCCCCCCC/C=C\C/C=C\C/C=C\CCCCCCC)COC(OCC[N+](C)(C)C)C(=O)O. The van der Waals surface area contributed by atoms with Gasteiger partial charge in [-0.3, -0.25) is 9.59 Å². The molecule has 9 heteroatoms. The maximum atomic E-state index is 13.0. The quantitative estimate of drug-likeness (QED) is 0.0211. The fourth-order valence-electron chi connectivity index (χ4n) is 11.1. The van der Waals surface area contributed by atoms with E-state index in [0.717, 1.165) is 64.2 Å². The number of carboxylic acid groups (broad SMARTS) is 1. The van der Waals surface area contributed by atoms with Gasteiger partial charge in [0.15, 0.2) is 6.10 Å². The number of carbonyl (C=O) groups is 3. The minimum absolute atomic E-state index is 0.181. The number of rotatable bonds is 71. The highest BCUT2D eigenvalue weighted by Gasteiger charge is 2.25. The van der Waals surface area contributed by atoms with E-state index < -0.39 is 18.4 Å². The summed E-state index contributed by atoms with van der Waals surface area (Å²) in [4.78, 5) is 37.7. The van der Waals surface area contributed by atoms with Gasteiger partial charge in [0.2, 0.25) is 0 Å². The van der Waals surface area contributed by atoms with Crippen molar-refractivity contribution in [3.63, 3.8) is 0 Å². The number of esters is 2. The molecule has 0 aromatic carbocycles. The predicted octanol–water partition coefficient (Wildman–Crippen LogP) is 24.0. The third kappa shape index (κ3) is 72.0. The Morgan fingerprint density at radius 2 is 0.607 bits per heavy atom. The van der Waals surface area contributed by atoms with Crippen LogP contribution in [-0.2, 0) is 33.3 Å². The van der Waals surface area contributed by atoms with Crippen molar-refractivity contribution in [1.82, 2.24) is 0 Å². The number of aliphatic carboxylic acids is 1. The summed E-state index contributed by atoms with van der Waals surface area (Å²) in [6, 6.07) is 0. The number of unbranched alkanes of at least 4 members (excludes halogenated alkanes) is 44. The van der Waals surface area contributed by atoms with Gasteiger partial charge < -0.3 is 28.5 Å². The molecule has 89 heavy (non-hydrogen) atoms. The molecule has 0 spiro atoms. The molecule has 0 saturated heterocycles. The number of carbonyl (C=O) groups excluding carboxylic acids is 2. The van der Waals surface area contributed by atoms with Crippen LogP contribution in [0.5, 0.6) is 0 Å². The molecule has 0 aliphatic carbocycles. The van der Waals surface area contributed by atoms with E-state index in [1.807, 2.05) is 21.1 Å². The van der Waals surface area contributed by atoms with Gasteiger partial charge in [-0.15, -0.1) is 0 Å². The monoisotopic (exact) mass is 1250 g/mol. The van der Waals surface area contributed by atoms with Crippen LogP contribution in [0.4, 0.5) is 0 Å². The highest BCUT2D eigenvalue weighted by Crippen LogP contribution is 2.18. The van der Waals surface area contributed by atoms with Crippen LogP contribution in [-0.4, -0.2) is 87.4 Å². The number of nitrogens with zero attached hydrogens (tertiary/aromatic N) is 1. The second kappa shape index (κ2) is 70.6. The molecule has 0 aliphatic heterocycles. The van der Waals surface area contributed by atoms with Gasteiger partial charge in [-0.25, -0.2) is 4.79 Å². The minimum atomic E-state index is -1.51. The number of hydrogen-bond donors (Lipinski definition) is 1. The zero-order chi connectivity index (χ0) is 64.7. The number of quaternary nitrogens is 1. The van der Waals surface area contributed by atoms with Crippen LogP contribution in [0.15, 0.2) is 72.9 Å². The molecule has 0 saturated carbocycles. The Hall–Kier alpha value is -3.27. The lowest BCUT2D eigenvalue weighted by Gasteiger charge is -2.25. The largest absolute Gasteiger partial charge is 0.477 e. The van der Waals surface area contributed by atoms with E-state index in [2.05, 4.69) is 86.8 Å². The number of ether oxygens (including phenoxy) is 4. The van der Waals surface area contributed by atoms with Gasteiger partial charge in [0, 0.05) is 12.8 Å². The normalized spacial score (nSPS) is 13.0. The van der Waals surface area contributed by atoms with E-state index in [-0.39, 0.29) is 38.2 Å². The van der Waals surface area contributed by atoms with E-state index in [9.17, 15) is 19.5 Å². The highest BCUT2D eigenvalue weighted by atomic mass is 16.7. The average Bonchev–Trinajstić information content (AvgIpc) is 3.70. The minimum Gasteiger partial charge on any atom is -0.477 e. The first-order valence-electron chi connectivity index (χ1n) is 38.1. The first kappa shape index (κ1) is 85.7.